The lowest BCUT2D eigenvalue weighted by atomic mass is 10.1. The summed E-state index contributed by atoms with van der Waals surface area (Å²) in [7, 11) is 0. The van der Waals surface area contributed by atoms with Crippen LogP contribution in [0.1, 0.15) is 30.3 Å². The minimum absolute atomic E-state index is 0.306. The zero-order valence-electron chi connectivity index (χ0n) is 11.6. The molecule has 2 aromatic rings. The monoisotopic (exact) mass is 274 g/mol. The summed E-state index contributed by atoms with van der Waals surface area (Å²) in [6.07, 6.45) is 0. The molecule has 1 atom stereocenters. The minimum atomic E-state index is 0.306. The number of hydrogen-bond donors (Lipinski definition) is 1. The van der Waals surface area contributed by atoms with Crippen molar-refractivity contribution in [2.45, 2.75) is 32.5 Å². The van der Waals surface area contributed by atoms with E-state index in [9.17, 15) is 0 Å². The van der Waals surface area contributed by atoms with Crippen LogP contribution >= 0.6 is 11.3 Å². The molecule has 2 N–H and O–H groups in total. The molecule has 1 aromatic heterocycles. The van der Waals surface area contributed by atoms with Gasteiger partial charge < -0.3 is 5.73 Å². The summed E-state index contributed by atoms with van der Waals surface area (Å²) >= 11 is 1.79. The van der Waals surface area contributed by atoms with Crippen molar-refractivity contribution in [3.63, 3.8) is 0 Å². The number of rotatable bonds is 6. The predicted molar refractivity (Wildman–Crippen MR) is 83.2 cm³/mol. The molecule has 2 nitrogen and oxygen atoms in total. The average Bonchev–Trinajstić information content (AvgIpc) is 2.93. The van der Waals surface area contributed by atoms with Gasteiger partial charge in [0.05, 0.1) is 6.04 Å². The third kappa shape index (κ3) is 3.66. The maximum absolute atomic E-state index is 6.02. The molecule has 0 amide bonds. The molecule has 102 valence electrons. The van der Waals surface area contributed by atoms with Crippen molar-refractivity contribution in [3.8, 4) is 0 Å². The highest BCUT2D eigenvalue weighted by molar-refractivity contribution is 7.10. The van der Waals surface area contributed by atoms with Crippen molar-refractivity contribution in [1.82, 2.24) is 4.90 Å². The average molecular weight is 274 g/mol. The van der Waals surface area contributed by atoms with Crippen LogP contribution < -0.4 is 5.73 Å². The molecule has 0 aliphatic rings. The largest absolute Gasteiger partial charge is 0.329 e. The first-order chi connectivity index (χ1) is 9.22. The number of nitrogens with zero attached hydrogens (tertiary/aromatic N) is 1. The second kappa shape index (κ2) is 6.85. The fraction of sp³-hybridized carbons (Fsp3) is 0.375. The van der Waals surface area contributed by atoms with E-state index in [4.69, 9.17) is 5.73 Å². The molecule has 19 heavy (non-hydrogen) atoms. The summed E-state index contributed by atoms with van der Waals surface area (Å²) in [4.78, 5) is 3.83. The van der Waals surface area contributed by atoms with E-state index >= 15 is 0 Å². The van der Waals surface area contributed by atoms with E-state index in [2.05, 4.69) is 66.6 Å². The number of nitrogens with two attached hydrogens (primary N) is 1. The molecule has 0 bridgehead atoms. The van der Waals surface area contributed by atoms with Gasteiger partial charge >= 0.3 is 0 Å². The third-order valence-electron chi connectivity index (χ3n) is 3.37. The lowest BCUT2D eigenvalue weighted by Crippen LogP contribution is -2.37. The van der Waals surface area contributed by atoms with Crippen LogP contribution in [0.4, 0.5) is 0 Å². The fourth-order valence-electron chi connectivity index (χ4n) is 2.34. The molecule has 0 saturated carbocycles. The van der Waals surface area contributed by atoms with Crippen molar-refractivity contribution in [3.05, 3.63) is 58.3 Å². The highest BCUT2D eigenvalue weighted by atomic mass is 32.1. The molecule has 0 fully saturated rings. The van der Waals surface area contributed by atoms with Crippen molar-refractivity contribution < 1.29 is 0 Å². The van der Waals surface area contributed by atoms with Gasteiger partial charge in [0.15, 0.2) is 0 Å². The predicted octanol–water partition coefficient (Wildman–Crippen LogP) is 3.66. The number of benzene rings is 1. The molecule has 1 heterocycles. The van der Waals surface area contributed by atoms with Crippen LogP contribution in [0.5, 0.6) is 0 Å². The van der Waals surface area contributed by atoms with E-state index < -0.39 is 0 Å². The highest BCUT2D eigenvalue weighted by Gasteiger charge is 2.22. The van der Waals surface area contributed by atoms with E-state index in [1.165, 1.54) is 10.4 Å². The SMILES string of the molecule is CC(C)N(Cc1ccccc1)C(CN)c1cccs1. The van der Waals surface area contributed by atoms with Gasteiger partial charge in [-0.05, 0) is 30.9 Å². The molecule has 0 radical (unpaired) electrons. The smallest absolute Gasteiger partial charge is 0.0569 e. The van der Waals surface area contributed by atoms with Gasteiger partial charge in [0, 0.05) is 24.0 Å². The molecule has 2 rings (SSSR count). The molecule has 0 spiro atoms. The molecule has 0 saturated heterocycles. The minimum Gasteiger partial charge on any atom is -0.329 e. The summed E-state index contributed by atoms with van der Waals surface area (Å²) in [5.41, 5.74) is 7.36. The maximum Gasteiger partial charge on any atom is 0.0569 e. The Bertz CT molecular complexity index is 465. The van der Waals surface area contributed by atoms with Crippen molar-refractivity contribution in [2.24, 2.45) is 5.73 Å². The molecule has 3 heteroatoms. The van der Waals surface area contributed by atoms with E-state index in [1.54, 1.807) is 11.3 Å². The van der Waals surface area contributed by atoms with E-state index in [1.807, 2.05) is 0 Å². The van der Waals surface area contributed by atoms with Crippen LogP contribution in [0.3, 0.4) is 0 Å². The summed E-state index contributed by atoms with van der Waals surface area (Å²) in [5, 5.41) is 2.12. The maximum atomic E-state index is 6.02. The third-order valence-corrected chi connectivity index (χ3v) is 4.34. The van der Waals surface area contributed by atoms with Crippen LogP contribution in [0.15, 0.2) is 47.8 Å². The van der Waals surface area contributed by atoms with Gasteiger partial charge in [-0.1, -0.05) is 36.4 Å². The van der Waals surface area contributed by atoms with Gasteiger partial charge in [0.25, 0.3) is 0 Å². The van der Waals surface area contributed by atoms with E-state index in [-0.39, 0.29) is 0 Å². The van der Waals surface area contributed by atoms with Crippen molar-refractivity contribution in [1.29, 1.82) is 0 Å². The summed E-state index contributed by atoms with van der Waals surface area (Å²) < 4.78 is 0. The topological polar surface area (TPSA) is 29.3 Å². The van der Waals surface area contributed by atoms with Gasteiger partial charge in [-0.3, -0.25) is 4.90 Å². The Balaban J connectivity index is 2.19. The molecular formula is C16H22N2S. The van der Waals surface area contributed by atoms with Crippen LogP contribution in [0, 0.1) is 0 Å². The standard InChI is InChI=1S/C16H22N2S/c1-13(2)18(12-14-7-4-3-5-8-14)15(11-17)16-9-6-10-19-16/h3-10,13,15H,11-12,17H2,1-2H3. The molecule has 1 aromatic carbocycles. The molecule has 0 aliphatic heterocycles. The highest BCUT2D eigenvalue weighted by Crippen LogP contribution is 2.27. The number of thiophene rings is 1. The van der Waals surface area contributed by atoms with Crippen molar-refractivity contribution >= 4 is 11.3 Å². The first-order valence-electron chi connectivity index (χ1n) is 6.75. The normalized spacial score (nSPS) is 13.1. The first-order valence-corrected chi connectivity index (χ1v) is 7.63. The van der Waals surface area contributed by atoms with Gasteiger partial charge in [-0.25, -0.2) is 0 Å². The lowest BCUT2D eigenvalue weighted by molar-refractivity contribution is 0.150. The van der Waals surface area contributed by atoms with Gasteiger partial charge in [-0.2, -0.15) is 0 Å². The zero-order chi connectivity index (χ0) is 13.7. The summed E-state index contributed by atoms with van der Waals surface area (Å²) in [6, 6.07) is 15.7. The Hall–Kier alpha value is -1.16. The fourth-order valence-corrected chi connectivity index (χ4v) is 3.20. The summed E-state index contributed by atoms with van der Waals surface area (Å²) in [5.74, 6) is 0. The van der Waals surface area contributed by atoms with Gasteiger partial charge in [-0.15, -0.1) is 11.3 Å². The Kier molecular flexibility index (Phi) is 5.14. The van der Waals surface area contributed by atoms with Crippen LogP contribution in [0.25, 0.3) is 0 Å². The Labute approximate surface area is 119 Å². The van der Waals surface area contributed by atoms with Gasteiger partial charge in [0.2, 0.25) is 0 Å². The van der Waals surface area contributed by atoms with E-state index in [0.29, 0.717) is 18.6 Å². The first kappa shape index (κ1) is 14.3. The molecular weight excluding hydrogens is 252 g/mol. The van der Waals surface area contributed by atoms with Crippen LogP contribution in [0.2, 0.25) is 0 Å². The molecule has 0 aliphatic carbocycles. The lowest BCUT2D eigenvalue weighted by Gasteiger charge is -2.34. The quantitative estimate of drug-likeness (QED) is 0.871. The second-order valence-electron chi connectivity index (χ2n) is 5.02. The van der Waals surface area contributed by atoms with Crippen molar-refractivity contribution in [2.75, 3.05) is 6.54 Å². The van der Waals surface area contributed by atoms with Crippen LogP contribution in [-0.4, -0.2) is 17.5 Å². The number of hydrogen-bond acceptors (Lipinski definition) is 3. The summed E-state index contributed by atoms with van der Waals surface area (Å²) in [6.45, 7) is 6.07. The zero-order valence-corrected chi connectivity index (χ0v) is 12.4. The Morgan fingerprint density at radius 1 is 1.11 bits per heavy atom. The van der Waals surface area contributed by atoms with Crippen LogP contribution in [-0.2, 0) is 6.54 Å². The Morgan fingerprint density at radius 2 is 1.84 bits per heavy atom. The van der Waals surface area contributed by atoms with Gasteiger partial charge in [0.1, 0.15) is 0 Å². The van der Waals surface area contributed by atoms with E-state index in [0.717, 1.165) is 6.54 Å². The molecule has 1 unspecified atom stereocenters. The second-order valence-corrected chi connectivity index (χ2v) is 6.00. The Morgan fingerprint density at radius 3 is 2.37 bits per heavy atom.